The van der Waals surface area contributed by atoms with E-state index in [0.717, 1.165) is 9.65 Å². The molecule has 0 aliphatic heterocycles. The van der Waals surface area contributed by atoms with E-state index < -0.39 is 14.9 Å². The van der Waals surface area contributed by atoms with Crippen LogP contribution < -0.4 is 0 Å². The van der Waals surface area contributed by atoms with E-state index in [1.54, 1.807) is 19.1 Å². The van der Waals surface area contributed by atoms with Crippen molar-refractivity contribution in [2.75, 3.05) is 0 Å². The summed E-state index contributed by atoms with van der Waals surface area (Å²) >= 11 is 0. The zero-order valence-electron chi connectivity index (χ0n) is 12.3. The molecule has 0 N–H and O–H groups in total. The number of nitro benzene ring substituents is 1. The molecular formula is C14H12N4O4S. The third-order valence-corrected chi connectivity index (χ3v) is 5.18. The van der Waals surface area contributed by atoms with Gasteiger partial charge in [0.2, 0.25) is 0 Å². The van der Waals surface area contributed by atoms with Crippen molar-refractivity contribution in [1.29, 1.82) is 0 Å². The van der Waals surface area contributed by atoms with E-state index in [9.17, 15) is 18.5 Å². The number of nitro groups is 1. The summed E-state index contributed by atoms with van der Waals surface area (Å²) in [5.74, 6) is 0. The van der Waals surface area contributed by atoms with Crippen molar-refractivity contribution in [3.63, 3.8) is 0 Å². The lowest BCUT2D eigenvalue weighted by Gasteiger charge is -2.08. The molecule has 3 aromatic rings. The average Bonchev–Trinajstić information content (AvgIpc) is 2.90. The predicted molar refractivity (Wildman–Crippen MR) is 82.7 cm³/mol. The minimum atomic E-state index is -3.93. The van der Waals surface area contributed by atoms with Crippen LogP contribution in [0.5, 0.6) is 0 Å². The average molecular weight is 332 g/mol. The van der Waals surface area contributed by atoms with Crippen LogP contribution in [-0.2, 0) is 10.0 Å². The fourth-order valence-corrected chi connectivity index (χ4v) is 3.80. The first-order valence-corrected chi connectivity index (χ1v) is 8.07. The molecular weight excluding hydrogens is 320 g/mol. The normalized spacial score (nSPS) is 11.7. The minimum absolute atomic E-state index is 0.119. The molecule has 0 saturated carbocycles. The van der Waals surface area contributed by atoms with Crippen molar-refractivity contribution in [3.8, 4) is 0 Å². The van der Waals surface area contributed by atoms with Gasteiger partial charge in [-0.3, -0.25) is 10.1 Å². The number of benzene rings is 2. The molecule has 0 bridgehead atoms. The first kappa shape index (κ1) is 15.1. The zero-order chi connectivity index (χ0) is 16.8. The van der Waals surface area contributed by atoms with Crippen LogP contribution in [0.1, 0.15) is 11.1 Å². The molecule has 1 heterocycles. The van der Waals surface area contributed by atoms with Gasteiger partial charge in [0.1, 0.15) is 11.0 Å². The molecule has 8 nitrogen and oxygen atoms in total. The Bertz CT molecular complexity index is 1040. The molecule has 9 heteroatoms. The number of hydrogen-bond donors (Lipinski definition) is 0. The molecule has 0 radical (unpaired) electrons. The highest BCUT2D eigenvalue weighted by atomic mass is 32.2. The fourth-order valence-electron chi connectivity index (χ4n) is 2.36. The topological polar surface area (TPSA) is 108 Å². The molecule has 118 valence electrons. The van der Waals surface area contributed by atoms with Crippen LogP contribution >= 0.6 is 0 Å². The van der Waals surface area contributed by atoms with Crippen molar-refractivity contribution < 1.29 is 13.3 Å². The Labute approximate surface area is 131 Å². The highest BCUT2D eigenvalue weighted by molar-refractivity contribution is 7.90. The molecule has 23 heavy (non-hydrogen) atoms. The molecule has 0 fully saturated rings. The van der Waals surface area contributed by atoms with Crippen LogP contribution in [0.3, 0.4) is 0 Å². The zero-order valence-corrected chi connectivity index (χ0v) is 13.1. The number of fused-ring (bicyclic) bond motifs is 1. The molecule has 0 spiro atoms. The molecule has 3 rings (SSSR count). The number of aryl methyl sites for hydroxylation is 2. The Balaban J connectivity index is 2.21. The second-order valence-corrected chi connectivity index (χ2v) is 6.87. The van der Waals surface area contributed by atoms with Gasteiger partial charge in [0.25, 0.3) is 15.7 Å². The van der Waals surface area contributed by atoms with E-state index in [1.165, 1.54) is 24.3 Å². The van der Waals surface area contributed by atoms with Gasteiger partial charge in [0, 0.05) is 12.1 Å². The Kier molecular flexibility index (Phi) is 3.37. The van der Waals surface area contributed by atoms with E-state index in [-0.39, 0.29) is 21.6 Å². The minimum Gasteiger partial charge on any atom is -0.258 e. The maximum absolute atomic E-state index is 12.8. The lowest BCUT2D eigenvalue weighted by atomic mass is 10.2. The van der Waals surface area contributed by atoms with Gasteiger partial charge < -0.3 is 0 Å². The van der Waals surface area contributed by atoms with Crippen LogP contribution in [0.4, 0.5) is 5.69 Å². The summed E-state index contributed by atoms with van der Waals surface area (Å²) in [6, 6.07) is 8.71. The fraction of sp³-hybridized carbons (Fsp3) is 0.143. The van der Waals surface area contributed by atoms with Gasteiger partial charge in [-0.25, -0.2) is 0 Å². The summed E-state index contributed by atoms with van der Waals surface area (Å²) in [6.07, 6.45) is 0. The Morgan fingerprint density at radius 1 is 1.13 bits per heavy atom. The summed E-state index contributed by atoms with van der Waals surface area (Å²) < 4.78 is 26.4. The van der Waals surface area contributed by atoms with Gasteiger partial charge in [-0.15, -0.1) is 9.19 Å². The Hall–Kier alpha value is -2.81. The van der Waals surface area contributed by atoms with Crippen molar-refractivity contribution in [2.45, 2.75) is 18.7 Å². The van der Waals surface area contributed by atoms with Crippen LogP contribution in [0.15, 0.2) is 41.3 Å². The van der Waals surface area contributed by atoms with Crippen LogP contribution in [0.25, 0.3) is 11.0 Å². The molecule has 2 aromatic carbocycles. The monoisotopic (exact) mass is 332 g/mol. The number of nitrogens with zero attached hydrogens (tertiary/aromatic N) is 4. The van der Waals surface area contributed by atoms with Crippen LogP contribution in [0.2, 0.25) is 0 Å². The third kappa shape index (κ3) is 2.44. The van der Waals surface area contributed by atoms with Crippen molar-refractivity contribution in [2.24, 2.45) is 0 Å². The lowest BCUT2D eigenvalue weighted by molar-refractivity contribution is -0.384. The second kappa shape index (κ2) is 5.13. The van der Waals surface area contributed by atoms with E-state index >= 15 is 0 Å². The van der Waals surface area contributed by atoms with Gasteiger partial charge in [-0.2, -0.15) is 8.42 Å². The van der Waals surface area contributed by atoms with Crippen LogP contribution in [0, 0.1) is 24.0 Å². The molecule has 0 aliphatic carbocycles. The number of non-ortho nitro benzene ring substituents is 1. The quantitative estimate of drug-likeness (QED) is 0.537. The molecule has 0 atom stereocenters. The maximum Gasteiger partial charge on any atom is 0.285 e. The smallest absolute Gasteiger partial charge is 0.258 e. The molecule has 0 amide bonds. The van der Waals surface area contributed by atoms with Crippen molar-refractivity contribution in [3.05, 3.63) is 57.6 Å². The molecule has 0 unspecified atom stereocenters. The van der Waals surface area contributed by atoms with Crippen molar-refractivity contribution in [1.82, 2.24) is 14.4 Å². The summed E-state index contributed by atoms with van der Waals surface area (Å²) in [6.45, 7) is 3.57. The summed E-state index contributed by atoms with van der Waals surface area (Å²) in [5.41, 5.74) is 1.70. The summed E-state index contributed by atoms with van der Waals surface area (Å²) in [7, 11) is -3.93. The first-order valence-electron chi connectivity index (χ1n) is 6.63. The summed E-state index contributed by atoms with van der Waals surface area (Å²) in [4.78, 5) is 10.3. The second-order valence-electron chi connectivity index (χ2n) is 5.14. The number of aromatic nitrogens is 3. The van der Waals surface area contributed by atoms with Gasteiger partial charge in [-0.05, 0) is 31.5 Å². The third-order valence-electron chi connectivity index (χ3n) is 3.45. The Morgan fingerprint density at radius 3 is 2.52 bits per heavy atom. The van der Waals surface area contributed by atoms with E-state index in [0.29, 0.717) is 5.56 Å². The highest BCUT2D eigenvalue weighted by Gasteiger charge is 2.24. The highest BCUT2D eigenvalue weighted by Crippen LogP contribution is 2.24. The van der Waals surface area contributed by atoms with Crippen molar-refractivity contribution >= 4 is 26.7 Å². The SMILES string of the molecule is Cc1ccc(S(=O)(=O)n2nnc3cc([N+](=O)[O-])ccc32)c(C)c1. The largest absolute Gasteiger partial charge is 0.285 e. The number of rotatable bonds is 3. The van der Waals surface area contributed by atoms with E-state index in [1.807, 2.05) is 6.92 Å². The maximum atomic E-state index is 12.8. The van der Waals surface area contributed by atoms with E-state index in [2.05, 4.69) is 10.3 Å². The molecule has 1 aromatic heterocycles. The number of hydrogen-bond acceptors (Lipinski definition) is 6. The standard InChI is InChI=1S/C14H12N4O4S/c1-9-3-6-14(10(2)7-9)23(21,22)17-13-5-4-11(18(19)20)8-12(13)15-16-17/h3-8H,1-2H3. The molecule has 0 saturated heterocycles. The Morgan fingerprint density at radius 2 is 1.87 bits per heavy atom. The van der Waals surface area contributed by atoms with Gasteiger partial charge >= 0.3 is 0 Å². The summed E-state index contributed by atoms with van der Waals surface area (Å²) in [5, 5.41) is 18.2. The van der Waals surface area contributed by atoms with Gasteiger partial charge in [0.05, 0.1) is 9.82 Å². The van der Waals surface area contributed by atoms with Gasteiger partial charge in [-0.1, -0.05) is 22.9 Å². The predicted octanol–water partition coefficient (Wildman–Crippen LogP) is 2.19. The first-order chi connectivity index (χ1) is 10.8. The molecule has 0 aliphatic rings. The van der Waals surface area contributed by atoms with E-state index in [4.69, 9.17) is 0 Å². The lowest BCUT2D eigenvalue weighted by Crippen LogP contribution is -2.16. The van der Waals surface area contributed by atoms with Gasteiger partial charge in [0.15, 0.2) is 0 Å². The van der Waals surface area contributed by atoms with Crippen LogP contribution in [-0.4, -0.2) is 27.7 Å².